The van der Waals surface area contributed by atoms with Crippen LogP contribution in [-0.4, -0.2) is 32.4 Å². The third-order valence-electron chi connectivity index (χ3n) is 6.22. The van der Waals surface area contributed by atoms with Crippen molar-refractivity contribution in [3.8, 4) is 0 Å². The summed E-state index contributed by atoms with van der Waals surface area (Å²) in [4.78, 5) is 43.7. The molecule has 0 aliphatic heterocycles. The summed E-state index contributed by atoms with van der Waals surface area (Å²) in [6, 6.07) is 7.24. The second-order valence-corrected chi connectivity index (χ2v) is 8.87. The van der Waals surface area contributed by atoms with Crippen molar-refractivity contribution in [2.45, 2.75) is 53.4 Å². The minimum absolute atomic E-state index is 0.0266. The number of hydrogen-bond acceptors (Lipinski definition) is 6. The molecule has 0 saturated heterocycles. The van der Waals surface area contributed by atoms with Gasteiger partial charge in [-0.3, -0.25) is 24.4 Å². The average molecular weight is 435 g/mol. The first-order chi connectivity index (χ1) is 15.2. The highest BCUT2D eigenvalue weighted by molar-refractivity contribution is 6.11. The maximum atomic E-state index is 12.1. The minimum atomic E-state index is -0.454. The van der Waals surface area contributed by atoms with Crippen LogP contribution in [0.2, 0.25) is 0 Å². The van der Waals surface area contributed by atoms with Crippen molar-refractivity contribution < 1.29 is 19.5 Å². The second kappa shape index (κ2) is 9.98. The molecular weight excluding hydrogens is 404 g/mol. The first-order valence-corrected chi connectivity index (χ1v) is 11.1. The molecule has 4 rings (SSSR count). The van der Waals surface area contributed by atoms with E-state index in [4.69, 9.17) is 0 Å². The number of carbonyl (C=O) groups excluding carboxylic acids is 3. The van der Waals surface area contributed by atoms with Crippen LogP contribution in [0.25, 0.3) is 5.76 Å². The highest BCUT2D eigenvalue weighted by Gasteiger charge is 2.37. The lowest BCUT2D eigenvalue weighted by Crippen LogP contribution is -2.22. The number of carbonyl (C=O) groups is 3. The average Bonchev–Trinajstić information content (AvgIpc) is 3.29. The number of allylic oxidation sites excluding steroid dienone is 1. The second-order valence-electron chi connectivity index (χ2n) is 8.87. The zero-order valence-corrected chi connectivity index (χ0v) is 19.1. The third-order valence-corrected chi connectivity index (χ3v) is 6.22. The smallest absolute Gasteiger partial charge is 0.191 e. The summed E-state index contributed by atoms with van der Waals surface area (Å²) >= 11 is 0. The van der Waals surface area contributed by atoms with Crippen molar-refractivity contribution in [1.82, 2.24) is 9.97 Å². The van der Waals surface area contributed by atoms with Crippen molar-refractivity contribution in [3.63, 3.8) is 0 Å². The molecule has 3 unspecified atom stereocenters. The molecule has 2 aliphatic carbocycles. The summed E-state index contributed by atoms with van der Waals surface area (Å²) in [5.41, 5.74) is 3.47. The van der Waals surface area contributed by atoms with Crippen LogP contribution in [0.15, 0.2) is 42.2 Å². The highest BCUT2D eigenvalue weighted by atomic mass is 16.3. The van der Waals surface area contributed by atoms with Gasteiger partial charge in [-0.05, 0) is 74.9 Å². The van der Waals surface area contributed by atoms with Crippen LogP contribution < -0.4 is 0 Å². The van der Waals surface area contributed by atoms with Crippen LogP contribution in [0.1, 0.15) is 66.8 Å². The first kappa shape index (κ1) is 23.5. The molecule has 0 spiro atoms. The standard InChI is InChI=1S/2C13H15NO2/c2*1-8-5-6-14-11(7-8)13(16)10-4-3-9(2)12(10)15/h5-7,9,16H,3-4H2,1-2H3;5-7,9-10H,3-4H2,1-2H3/b13-10-;. The molecule has 168 valence electrons. The Balaban J connectivity index is 0.000000181. The molecule has 2 fully saturated rings. The van der Waals surface area contributed by atoms with E-state index in [0.717, 1.165) is 24.0 Å². The number of Topliss-reactive ketones (excluding diaryl/α,β-unsaturated/α-hetero) is 3. The Bertz CT molecular complexity index is 1070. The molecule has 2 saturated carbocycles. The number of hydrogen-bond donors (Lipinski definition) is 1. The number of ketones is 3. The van der Waals surface area contributed by atoms with Crippen LogP contribution in [0.4, 0.5) is 0 Å². The number of aliphatic hydroxyl groups excluding tert-OH is 1. The Labute approximate surface area is 188 Å². The predicted octanol–water partition coefficient (Wildman–Crippen LogP) is 4.85. The van der Waals surface area contributed by atoms with Gasteiger partial charge in [-0.1, -0.05) is 13.8 Å². The molecule has 6 nitrogen and oxygen atoms in total. The van der Waals surface area contributed by atoms with E-state index in [0.29, 0.717) is 29.8 Å². The zero-order chi connectivity index (χ0) is 23.4. The summed E-state index contributed by atoms with van der Waals surface area (Å²) in [5.74, 6) is -0.324. The van der Waals surface area contributed by atoms with Crippen molar-refractivity contribution in [1.29, 1.82) is 0 Å². The summed E-state index contributed by atoms with van der Waals surface area (Å²) < 4.78 is 0. The van der Waals surface area contributed by atoms with E-state index in [1.165, 1.54) is 0 Å². The lowest BCUT2D eigenvalue weighted by atomic mass is 9.96. The molecular formula is C26H30N2O4. The van der Waals surface area contributed by atoms with Gasteiger partial charge in [0, 0.05) is 29.8 Å². The van der Waals surface area contributed by atoms with Gasteiger partial charge in [0.1, 0.15) is 22.9 Å². The largest absolute Gasteiger partial charge is 0.505 e. The maximum absolute atomic E-state index is 12.1. The van der Waals surface area contributed by atoms with Gasteiger partial charge in [-0.2, -0.15) is 0 Å². The van der Waals surface area contributed by atoms with Gasteiger partial charge in [-0.25, -0.2) is 0 Å². The minimum Gasteiger partial charge on any atom is -0.505 e. The van der Waals surface area contributed by atoms with Crippen molar-refractivity contribution in [3.05, 3.63) is 64.7 Å². The van der Waals surface area contributed by atoms with E-state index in [2.05, 4.69) is 9.97 Å². The maximum Gasteiger partial charge on any atom is 0.191 e. The summed E-state index contributed by atoms with van der Waals surface area (Å²) in [6.45, 7) is 7.63. The molecule has 0 radical (unpaired) electrons. The Morgan fingerprint density at radius 3 is 2.00 bits per heavy atom. The van der Waals surface area contributed by atoms with E-state index < -0.39 is 5.92 Å². The Morgan fingerprint density at radius 1 is 0.906 bits per heavy atom. The number of rotatable bonds is 3. The van der Waals surface area contributed by atoms with E-state index >= 15 is 0 Å². The SMILES string of the molecule is Cc1ccnc(/C(O)=C2\CCC(C)C2=O)c1.Cc1ccnc(C(=O)C2CCC(C)C2=O)c1. The third kappa shape index (κ3) is 5.18. The summed E-state index contributed by atoms with van der Waals surface area (Å²) in [7, 11) is 0. The molecule has 0 aromatic carbocycles. The predicted molar refractivity (Wildman–Crippen MR) is 122 cm³/mol. The molecule has 2 aromatic rings. The Hall–Kier alpha value is -3.15. The van der Waals surface area contributed by atoms with Gasteiger partial charge < -0.3 is 5.11 Å². The van der Waals surface area contributed by atoms with Gasteiger partial charge in [0.2, 0.25) is 0 Å². The van der Waals surface area contributed by atoms with Crippen molar-refractivity contribution in [2.24, 2.45) is 17.8 Å². The van der Waals surface area contributed by atoms with E-state index in [-0.39, 0.29) is 34.9 Å². The Kier molecular flexibility index (Phi) is 7.33. The summed E-state index contributed by atoms with van der Waals surface area (Å²) in [5, 5.41) is 10.0. The van der Waals surface area contributed by atoms with Gasteiger partial charge in [0.25, 0.3) is 0 Å². The fourth-order valence-electron chi connectivity index (χ4n) is 4.12. The molecule has 6 heteroatoms. The zero-order valence-electron chi connectivity index (χ0n) is 19.1. The van der Waals surface area contributed by atoms with Gasteiger partial charge in [0.05, 0.1) is 5.92 Å². The number of aryl methyl sites for hydroxylation is 2. The number of aromatic nitrogens is 2. The quantitative estimate of drug-likeness (QED) is 0.321. The van der Waals surface area contributed by atoms with Crippen molar-refractivity contribution in [2.75, 3.05) is 0 Å². The molecule has 2 heterocycles. The van der Waals surface area contributed by atoms with Crippen LogP contribution in [0.3, 0.4) is 0 Å². The summed E-state index contributed by atoms with van der Waals surface area (Å²) in [6.07, 6.45) is 6.23. The lowest BCUT2D eigenvalue weighted by Gasteiger charge is -2.07. The van der Waals surface area contributed by atoms with E-state index in [9.17, 15) is 19.5 Å². The number of pyridine rings is 2. The van der Waals surface area contributed by atoms with Gasteiger partial charge >= 0.3 is 0 Å². The Morgan fingerprint density at radius 2 is 1.50 bits per heavy atom. The monoisotopic (exact) mass is 434 g/mol. The van der Waals surface area contributed by atoms with Crippen LogP contribution in [0.5, 0.6) is 0 Å². The molecule has 1 N–H and O–H groups in total. The topological polar surface area (TPSA) is 97.2 Å². The van der Waals surface area contributed by atoms with Crippen molar-refractivity contribution >= 4 is 23.1 Å². The number of nitrogens with zero attached hydrogens (tertiary/aromatic N) is 2. The molecule has 0 amide bonds. The van der Waals surface area contributed by atoms with Crippen LogP contribution in [-0.2, 0) is 9.59 Å². The molecule has 2 aliphatic rings. The molecule has 3 atom stereocenters. The molecule has 2 aromatic heterocycles. The number of aliphatic hydroxyl groups is 1. The lowest BCUT2D eigenvalue weighted by molar-refractivity contribution is -0.122. The van der Waals surface area contributed by atoms with E-state index in [1.54, 1.807) is 24.5 Å². The van der Waals surface area contributed by atoms with Crippen LogP contribution >= 0.6 is 0 Å². The molecule has 0 bridgehead atoms. The highest BCUT2D eigenvalue weighted by Crippen LogP contribution is 2.31. The van der Waals surface area contributed by atoms with Gasteiger partial charge in [-0.15, -0.1) is 0 Å². The van der Waals surface area contributed by atoms with Crippen LogP contribution in [0, 0.1) is 31.6 Å². The fourth-order valence-corrected chi connectivity index (χ4v) is 4.12. The normalized spacial score (nSPS) is 24.2. The first-order valence-electron chi connectivity index (χ1n) is 11.1. The van der Waals surface area contributed by atoms with Gasteiger partial charge in [0.15, 0.2) is 11.6 Å². The van der Waals surface area contributed by atoms with E-state index in [1.807, 2.05) is 39.8 Å². The fraction of sp³-hybridized carbons (Fsp3) is 0.423. The molecule has 32 heavy (non-hydrogen) atoms.